The van der Waals surface area contributed by atoms with E-state index in [0.29, 0.717) is 25.1 Å². The highest BCUT2D eigenvalue weighted by Crippen LogP contribution is 2.37. The van der Waals surface area contributed by atoms with E-state index in [4.69, 9.17) is 16.3 Å². The van der Waals surface area contributed by atoms with E-state index in [0.717, 1.165) is 5.56 Å². The Morgan fingerprint density at radius 1 is 1.24 bits per heavy atom. The summed E-state index contributed by atoms with van der Waals surface area (Å²) in [5.41, 5.74) is 1.50. The van der Waals surface area contributed by atoms with Gasteiger partial charge in [-0.3, -0.25) is 9.59 Å². The van der Waals surface area contributed by atoms with Gasteiger partial charge in [-0.2, -0.15) is 4.31 Å². The van der Waals surface area contributed by atoms with Crippen molar-refractivity contribution in [3.63, 3.8) is 0 Å². The Bertz CT molecular complexity index is 1150. The first-order valence-electron chi connectivity index (χ1n) is 10.8. The minimum atomic E-state index is -3.87. The second-order valence-corrected chi connectivity index (χ2v) is 10.7. The van der Waals surface area contributed by atoms with E-state index in [2.05, 4.69) is 17.6 Å². The lowest BCUT2D eigenvalue weighted by Gasteiger charge is -2.31. The number of anilines is 1. The molecule has 8 nitrogen and oxygen atoms in total. The average molecular weight is 492 g/mol. The predicted molar refractivity (Wildman–Crippen MR) is 125 cm³/mol. The molecule has 0 aliphatic carbocycles. The van der Waals surface area contributed by atoms with Gasteiger partial charge in [-0.25, -0.2) is 8.42 Å². The number of carbonyl (C=O) groups is 2. The molecule has 2 N–H and O–H groups in total. The number of benzene rings is 2. The van der Waals surface area contributed by atoms with Crippen LogP contribution in [0, 0.1) is 5.92 Å². The van der Waals surface area contributed by atoms with Crippen LogP contribution in [-0.2, 0) is 19.6 Å². The van der Waals surface area contributed by atoms with Crippen molar-refractivity contribution in [2.45, 2.75) is 30.6 Å². The number of piperidine rings is 1. The van der Waals surface area contributed by atoms with Crippen LogP contribution in [0.1, 0.15) is 31.2 Å². The van der Waals surface area contributed by atoms with Gasteiger partial charge in [0.1, 0.15) is 10.6 Å². The van der Waals surface area contributed by atoms with Gasteiger partial charge in [-0.15, -0.1) is 0 Å². The van der Waals surface area contributed by atoms with Gasteiger partial charge in [0.2, 0.25) is 15.9 Å². The molecule has 2 aromatic rings. The SMILES string of the molecule is C[C@@H](CNC(=O)C1CCN(S(=O)(=O)c2cc3c(cc2Cl)NC(=O)CO3)CC1)c1ccccc1. The number of amides is 2. The molecule has 2 amide bonds. The van der Waals surface area contributed by atoms with Crippen LogP contribution in [0.5, 0.6) is 5.75 Å². The van der Waals surface area contributed by atoms with Crippen molar-refractivity contribution in [2.75, 3.05) is 31.6 Å². The standard InChI is InChI=1S/C23H26ClN3O5S/c1-15(16-5-3-2-4-6-16)13-25-23(29)17-7-9-27(10-8-17)33(30,31)21-12-20-19(11-18(21)24)26-22(28)14-32-20/h2-6,11-12,15,17H,7-10,13-14H2,1H3,(H,25,29)(H,26,28)/t15-/m0/s1. The third-order valence-electron chi connectivity index (χ3n) is 6.06. The fourth-order valence-corrected chi connectivity index (χ4v) is 6.06. The molecular formula is C23H26ClN3O5S. The molecule has 0 saturated carbocycles. The molecule has 1 saturated heterocycles. The number of nitrogens with zero attached hydrogens (tertiary/aromatic N) is 1. The lowest BCUT2D eigenvalue weighted by molar-refractivity contribution is -0.126. The van der Waals surface area contributed by atoms with Crippen molar-refractivity contribution in [1.29, 1.82) is 0 Å². The lowest BCUT2D eigenvalue weighted by atomic mass is 9.96. The first-order chi connectivity index (χ1) is 15.8. The summed E-state index contributed by atoms with van der Waals surface area (Å²) in [4.78, 5) is 24.0. The van der Waals surface area contributed by atoms with Crippen molar-refractivity contribution in [3.8, 4) is 5.75 Å². The van der Waals surface area contributed by atoms with Gasteiger partial charge >= 0.3 is 0 Å². The highest BCUT2D eigenvalue weighted by molar-refractivity contribution is 7.89. The van der Waals surface area contributed by atoms with Crippen LogP contribution in [0.25, 0.3) is 0 Å². The number of halogens is 1. The van der Waals surface area contributed by atoms with E-state index in [-0.39, 0.29) is 59.0 Å². The Morgan fingerprint density at radius 2 is 1.94 bits per heavy atom. The second-order valence-electron chi connectivity index (χ2n) is 8.35. The van der Waals surface area contributed by atoms with Gasteiger partial charge in [0, 0.05) is 31.6 Å². The third kappa shape index (κ3) is 5.15. The Labute approximate surface area is 198 Å². The summed E-state index contributed by atoms with van der Waals surface area (Å²) in [5.74, 6) is -0.163. The van der Waals surface area contributed by atoms with Crippen molar-refractivity contribution in [2.24, 2.45) is 5.92 Å². The summed E-state index contributed by atoms with van der Waals surface area (Å²) in [6.45, 7) is 2.85. The van der Waals surface area contributed by atoms with E-state index in [9.17, 15) is 18.0 Å². The highest BCUT2D eigenvalue weighted by Gasteiger charge is 2.34. The smallest absolute Gasteiger partial charge is 0.262 e. The van der Waals surface area contributed by atoms with Gasteiger partial charge in [0.05, 0.1) is 10.7 Å². The summed E-state index contributed by atoms with van der Waals surface area (Å²) < 4.78 is 33.1. The van der Waals surface area contributed by atoms with Gasteiger partial charge < -0.3 is 15.4 Å². The van der Waals surface area contributed by atoms with Crippen LogP contribution < -0.4 is 15.4 Å². The number of ether oxygens (including phenoxy) is 1. The Hall–Kier alpha value is -2.62. The number of nitrogens with one attached hydrogen (secondary N) is 2. The van der Waals surface area contributed by atoms with E-state index in [1.54, 1.807) is 0 Å². The number of rotatable bonds is 6. The zero-order valence-corrected chi connectivity index (χ0v) is 19.8. The summed E-state index contributed by atoms with van der Waals surface area (Å²) in [5, 5.41) is 5.62. The van der Waals surface area contributed by atoms with Crippen LogP contribution in [0.2, 0.25) is 5.02 Å². The quantitative estimate of drug-likeness (QED) is 0.646. The third-order valence-corrected chi connectivity index (χ3v) is 8.42. The Kier molecular flexibility index (Phi) is 6.92. The van der Waals surface area contributed by atoms with Crippen LogP contribution in [0.4, 0.5) is 5.69 Å². The fraction of sp³-hybridized carbons (Fsp3) is 0.391. The maximum atomic E-state index is 13.2. The first kappa shape index (κ1) is 23.5. The molecule has 2 heterocycles. The van der Waals surface area contributed by atoms with Crippen molar-refractivity contribution in [3.05, 3.63) is 53.1 Å². The summed E-state index contributed by atoms with van der Waals surface area (Å²) in [6, 6.07) is 12.7. The number of fused-ring (bicyclic) bond motifs is 1. The number of hydrogen-bond acceptors (Lipinski definition) is 5. The maximum Gasteiger partial charge on any atom is 0.262 e. The monoisotopic (exact) mass is 491 g/mol. The molecule has 0 unspecified atom stereocenters. The van der Waals surface area contributed by atoms with Crippen molar-refractivity contribution in [1.82, 2.24) is 9.62 Å². The largest absolute Gasteiger partial charge is 0.482 e. The molecule has 4 rings (SSSR count). The topological polar surface area (TPSA) is 105 Å². The Balaban J connectivity index is 1.36. The summed E-state index contributed by atoms with van der Waals surface area (Å²) in [6.07, 6.45) is 0.861. The minimum absolute atomic E-state index is 0.00863. The molecular weight excluding hydrogens is 466 g/mol. The average Bonchev–Trinajstić information content (AvgIpc) is 2.82. The molecule has 2 aromatic carbocycles. The van der Waals surface area contributed by atoms with E-state index < -0.39 is 10.0 Å². The van der Waals surface area contributed by atoms with Crippen molar-refractivity contribution < 1.29 is 22.7 Å². The number of hydrogen-bond donors (Lipinski definition) is 2. The number of carbonyl (C=O) groups excluding carboxylic acids is 2. The van der Waals surface area contributed by atoms with E-state index in [1.165, 1.54) is 16.4 Å². The van der Waals surface area contributed by atoms with Crippen molar-refractivity contribution >= 4 is 39.1 Å². The summed E-state index contributed by atoms with van der Waals surface area (Å²) >= 11 is 6.24. The zero-order chi connectivity index (χ0) is 23.6. The van der Waals surface area contributed by atoms with Crippen LogP contribution in [0.3, 0.4) is 0 Å². The van der Waals surface area contributed by atoms with Gasteiger partial charge in [-0.05, 0) is 30.4 Å². The van der Waals surface area contributed by atoms with Crippen LogP contribution >= 0.6 is 11.6 Å². The Morgan fingerprint density at radius 3 is 2.64 bits per heavy atom. The minimum Gasteiger partial charge on any atom is -0.482 e. The normalized spacial score (nSPS) is 18.1. The molecule has 176 valence electrons. The molecule has 0 bridgehead atoms. The maximum absolute atomic E-state index is 13.2. The predicted octanol–water partition coefficient (Wildman–Crippen LogP) is 2.99. The van der Waals surface area contributed by atoms with Crippen LogP contribution in [0.15, 0.2) is 47.4 Å². The molecule has 2 aliphatic heterocycles. The molecule has 10 heteroatoms. The number of sulfonamides is 1. The van der Waals surface area contributed by atoms with E-state index >= 15 is 0 Å². The van der Waals surface area contributed by atoms with Gasteiger partial charge in [-0.1, -0.05) is 48.9 Å². The van der Waals surface area contributed by atoms with Crippen LogP contribution in [-0.4, -0.2) is 50.8 Å². The zero-order valence-electron chi connectivity index (χ0n) is 18.2. The summed E-state index contributed by atoms with van der Waals surface area (Å²) in [7, 11) is -3.87. The molecule has 0 radical (unpaired) electrons. The molecule has 1 atom stereocenters. The second kappa shape index (κ2) is 9.70. The van der Waals surface area contributed by atoms with Gasteiger partial charge in [0.15, 0.2) is 6.61 Å². The fourth-order valence-electron chi connectivity index (χ4n) is 4.07. The first-order valence-corrected chi connectivity index (χ1v) is 12.7. The molecule has 0 spiro atoms. The molecule has 0 aromatic heterocycles. The van der Waals surface area contributed by atoms with Gasteiger partial charge in [0.25, 0.3) is 5.91 Å². The molecule has 1 fully saturated rings. The van der Waals surface area contributed by atoms with E-state index in [1.807, 2.05) is 30.3 Å². The lowest BCUT2D eigenvalue weighted by Crippen LogP contribution is -2.43. The molecule has 2 aliphatic rings. The highest BCUT2D eigenvalue weighted by atomic mass is 35.5. The molecule has 33 heavy (non-hydrogen) atoms.